The number of nitrogens with one attached hydrogen (secondary N) is 1. The molecule has 2 N–H and O–H groups in total. The van der Waals surface area contributed by atoms with E-state index in [2.05, 4.69) is 18.3 Å². The molecule has 1 amide bonds. The largest absolute Gasteiger partial charge is 0.459 e. The van der Waals surface area contributed by atoms with Crippen LogP contribution in [0, 0.1) is 5.92 Å². The van der Waals surface area contributed by atoms with Gasteiger partial charge in [-0.25, -0.2) is 0 Å². The lowest BCUT2D eigenvalue weighted by atomic mass is 9.88. The summed E-state index contributed by atoms with van der Waals surface area (Å²) in [4.78, 5) is 23.2. The fourth-order valence-electron chi connectivity index (χ4n) is 4.28. The number of rotatable bonds is 9. The molecule has 2 heterocycles. The van der Waals surface area contributed by atoms with Crippen LogP contribution in [0.1, 0.15) is 60.3 Å². The topological polar surface area (TPSA) is 94.1 Å². The number of hydrogen-bond donors (Lipinski definition) is 2. The molecule has 0 aromatic carbocycles. The van der Waals surface area contributed by atoms with Crippen molar-refractivity contribution in [1.82, 2.24) is 5.32 Å². The molecule has 0 radical (unpaired) electrons. The lowest BCUT2D eigenvalue weighted by Gasteiger charge is -2.39. The molecule has 0 saturated carbocycles. The summed E-state index contributed by atoms with van der Waals surface area (Å²) in [7, 11) is 0. The fraction of sp³-hybridized carbons (Fsp3) is 0.692. The predicted octanol–water partition coefficient (Wildman–Crippen LogP) is 3.83. The van der Waals surface area contributed by atoms with Gasteiger partial charge in [0.1, 0.15) is 6.10 Å². The lowest BCUT2D eigenvalue weighted by molar-refractivity contribution is -0.143. The van der Waals surface area contributed by atoms with E-state index in [9.17, 15) is 14.7 Å². The summed E-state index contributed by atoms with van der Waals surface area (Å²) < 4.78 is 16.9. The normalized spacial score (nSPS) is 33.7. The lowest BCUT2D eigenvalue weighted by Crippen LogP contribution is -2.50. The Labute approximate surface area is 208 Å². The first-order valence-corrected chi connectivity index (χ1v) is 12.6. The summed E-state index contributed by atoms with van der Waals surface area (Å²) in [5.41, 5.74) is 0.255. The third-order valence-corrected chi connectivity index (χ3v) is 6.89. The molecule has 2 rings (SSSR count). The second-order valence-electron chi connectivity index (χ2n) is 9.65. The molecule has 0 aromatic rings. The van der Waals surface area contributed by atoms with Gasteiger partial charge in [0.25, 0.3) is 0 Å². The van der Waals surface area contributed by atoms with Crippen molar-refractivity contribution in [3.63, 3.8) is 0 Å². The Kier molecular flexibility index (Phi) is 11.3. The second-order valence-corrected chi connectivity index (χ2v) is 9.91. The van der Waals surface area contributed by atoms with Gasteiger partial charge in [-0.1, -0.05) is 30.7 Å². The van der Waals surface area contributed by atoms with Crippen LogP contribution < -0.4 is 5.32 Å². The average Bonchev–Trinajstić information content (AvgIpc) is 2.77. The number of allylic oxidation sites excluding steroid dienone is 2. The molecule has 7 unspecified atom stereocenters. The maximum absolute atomic E-state index is 12.3. The van der Waals surface area contributed by atoms with Crippen molar-refractivity contribution >= 4 is 23.5 Å². The van der Waals surface area contributed by atoms with Crippen LogP contribution in [0.15, 0.2) is 36.0 Å². The van der Waals surface area contributed by atoms with Crippen molar-refractivity contribution in [2.24, 2.45) is 5.92 Å². The van der Waals surface area contributed by atoms with Crippen LogP contribution in [0.3, 0.4) is 0 Å². The van der Waals surface area contributed by atoms with Crippen molar-refractivity contribution in [1.29, 1.82) is 0 Å². The van der Waals surface area contributed by atoms with Crippen LogP contribution in [0.25, 0.3) is 0 Å². The van der Waals surface area contributed by atoms with E-state index >= 15 is 0 Å². The number of amides is 1. The summed E-state index contributed by atoms with van der Waals surface area (Å²) in [5.74, 6) is -0.112. The van der Waals surface area contributed by atoms with Crippen LogP contribution in [0.4, 0.5) is 0 Å². The standard InChI is InChI=1S/C26H40ClNO6/c1-17(6-9-22-15-26(31,16-27)12-13-32-22)7-10-24-18(2)14-23(20(4)34-24)28-25(30)11-8-19(3)33-21(5)29/h6-9,11,18-20,22-24,31H,10,12-16H2,1-5H3,(H,28,30)/b9-6+,11-8-,17-7+. The van der Waals surface area contributed by atoms with Crippen LogP contribution in [-0.2, 0) is 23.8 Å². The van der Waals surface area contributed by atoms with Crippen molar-refractivity contribution in [3.8, 4) is 0 Å². The molecule has 2 fully saturated rings. The molecule has 2 saturated heterocycles. The first kappa shape index (κ1) is 28.6. The molecule has 2 aliphatic rings. The smallest absolute Gasteiger partial charge is 0.303 e. The third kappa shape index (κ3) is 9.53. The molecule has 7 atom stereocenters. The predicted molar refractivity (Wildman–Crippen MR) is 133 cm³/mol. The maximum Gasteiger partial charge on any atom is 0.303 e. The zero-order valence-electron chi connectivity index (χ0n) is 21.0. The Balaban J connectivity index is 1.82. The molecular weight excluding hydrogens is 458 g/mol. The van der Waals surface area contributed by atoms with E-state index in [-0.39, 0.29) is 48.0 Å². The van der Waals surface area contributed by atoms with Gasteiger partial charge in [-0.2, -0.15) is 0 Å². The van der Waals surface area contributed by atoms with Crippen LogP contribution in [0.2, 0.25) is 0 Å². The second kappa shape index (κ2) is 13.4. The SMILES string of the molecule is CC(=O)OC(C)/C=C\C(=O)NC1CC(C)C(C/C=C(C)/C=C/C2CC(O)(CCl)CCO2)OC1C. The van der Waals surface area contributed by atoms with Gasteiger partial charge in [0.05, 0.1) is 42.4 Å². The van der Waals surface area contributed by atoms with Crippen molar-refractivity contribution in [2.75, 3.05) is 12.5 Å². The van der Waals surface area contributed by atoms with E-state index in [1.165, 1.54) is 13.0 Å². The number of halogens is 1. The minimum absolute atomic E-state index is 0.0679. The van der Waals surface area contributed by atoms with Gasteiger partial charge in [-0.05, 0) is 45.6 Å². The average molecular weight is 498 g/mol. The molecule has 7 nitrogen and oxygen atoms in total. The molecule has 0 aromatic heterocycles. The highest BCUT2D eigenvalue weighted by molar-refractivity contribution is 6.18. The van der Waals surface area contributed by atoms with Gasteiger partial charge in [0.15, 0.2) is 0 Å². The van der Waals surface area contributed by atoms with Gasteiger partial charge in [-0.15, -0.1) is 11.6 Å². The van der Waals surface area contributed by atoms with Gasteiger partial charge in [-0.3, -0.25) is 9.59 Å². The Morgan fingerprint density at radius 2 is 2.03 bits per heavy atom. The zero-order chi connectivity index (χ0) is 25.3. The maximum atomic E-state index is 12.3. The minimum atomic E-state index is -0.851. The van der Waals surface area contributed by atoms with Gasteiger partial charge < -0.3 is 24.6 Å². The van der Waals surface area contributed by atoms with Crippen LogP contribution in [-0.4, -0.2) is 65.5 Å². The Hall–Kier alpha value is -1.67. The molecule has 8 heteroatoms. The highest BCUT2D eigenvalue weighted by atomic mass is 35.5. The number of ether oxygens (including phenoxy) is 3. The molecule has 0 spiro atoms. The highest BCUT2D eigenvalue weighted by Gasteiger charge is 2.34. The van der Waals surface area contributed by atoms with Crippen LogP contribution >= 0.6 is 11.6 Å². The number of hydrogen-bond acceptors (Lipinski definition) is 6. The van der Waals surface area contributed by atoms with E-state index in [0.717, 1.165) is 18.4 Å². The summed E-state index contributed by atoms with van der Waals surface area (Å²) in [6.45, 7) is 9.70. The van der Waals surface area contributed by atoms with Crippen molar-refractivity contribution in [3.05, 3.63) is 36.0 Å². The first-order valence-electron chi connectivity index (χ1n) is 12.1. The molecule has 0 aliphatic carbocycles. The van der Waals surface area contributed by atoms with E-state index in [4.69, 9.17) is 25.8 Å². The number of aliphatic hydroxyl groups is 1. The van der Waals surface area contributed by atoms with Gasteiger partial charge in [0, 0.05) is 25.8 Å². The number of carbonyl (C=O) groups excluding carboxylic acids is 2. The summed E-state index contributed by atoms with van der Waals surface area (Å²) in [6.07, 6.45) is 11.2. The van der Waals surface area contributed by atoms with Crippen molar-refractivity contribution < 1.29 is 28.9 Å². The van der Waals surface area contributed by atoms with Crippen molar-refractivity contribution in [2.45, 2.75) is 96.4 Å². The third-order valence-electron chi connectivity index (χ3n) is 6.39. The monoisotopic (exact) mass is 497 g/mol. The minimum Gasteiger partial charge on any atom is -0.459 e. The highest BCUT2D eigenvalue weighted by Crippen LogP contribution is 2.29. The summed E-state index contributed by atoms with van der Waals surface area (Å²) >= 11 is 5.90. The van der Waals surface area contributed by atoms with Crippen LogP contribution in [0.5, 0.6) is 0 Å². The zero-order valence-corrected chi connectivity index (χ0v) is 21.7. The summed E-state index contributed by atoms with van der Waals surface area (Å²) in [5, 5.41) is 13.4. The molecule has 2 aliphatic heterocycles. The Morgan fingerprint density at radius 1 is 1.29 bits per heavy atom. The molecular formula is C26H40ClNO6. The summed E-state index contributed by atoms with van der Waals surface area (Å²) in [6, 6.07) is -0.0819. The molecule has 192 valence electrons. The molecule has 34 heavy (non-hydrogen) atoms. The molecule has 0 bridgehead atoms. The quantitative estimate of drug-likeness (QED) is 0.217. The number of esters is 1. The van der Waals surface area contributed by atoms with Gasteiger partial charge in [0.2, 0.25) is 5.91 Å². The fourth-order valence-corrected chi connectivity index (χ4v) is 4.52. The Morgan fingerprint density at radius 3 is 2.71 bits per heavy atom. The van der Waals surface area contributed by atoms with E-state index in [1.54, 1.807) is 13.0 Å². The van der Waals surface area contributed by atoms with E-state index < -0.39 is 11.7 Å². The van der Waals surface area contributed by atoms with E-state index in [0.29, 0.717) is 19.4 Å². The number of alkyl halides is 1. The van der Waals surface area contributed by atoms with Gasteiger partial charge >= 0.3 is 5.97 Å². The number of carbonyl (C=O) groups is 2. The van der Waals surface area contributed by atoms with E-state index in [1.807, 2.05) is 26.0 Å². The first-order chi connectivity index (χ1) is 16.0. The Bertz CT molecular complexity index is 781.